The average molecular weight is 471 g/mol. The number of rotatable bonds is 7. The Hall–Kier alpha value is -4.48. The van der Waals surface area contributed by atoms with E-state index in [1.54, 1.807) is 36.4 Å². The molecule has 2 heterocycles. The Morgan fingerprint density at radius 1 is 1.09 bits per heavy atom. The molecule has 1 atom stereocenters. The van der Waals surface area contributed by atoms with Crippen LogP contribution in [0.2, 0.25) is 0 Å². The smallest absolute Gasteiger partial charge is 0.279 e. The second-order valence-electron chi connectivity index (χ2n) is 7.24. The number of nitrogens with one attached hydrogen (secondary N) is 3. The summed E-state index contributed by atoms with van der Waals surface area (Å²) < 4.78 is 25.4. The largest absolute Gasteiger partial charge is 0.366 e. The van der Waals surface area contributed by atoms with E-state index >= 15 is 0 Å². The van der Waals surface area contributed by atoms with E-state index in [0.29, 0.717) is 28.0 Å². The Balaban J connectivity index is 0.00000324. The van der Waals surface area contributed by atoms with Crippen LogP contribution in [0.1, 0.15) is 51.5 Å². The van der Waals surface area contributed by atoms with Crippen LogP contribution in [0.5, 0.6) is 0 Å². The van der Waals surface area contributed by atoms with Gasteiger partial charge in [-0.1, -0.05) is 18.2 Å². The molecule has 4 aromatic rings. The molecule has 2 amide bonds. The van der Waals surface area contributed by atoms with Crippen LogP contribution in [0.4, 0.5) is 25.0 Å². The topological polar surface area (TPSA) is 139 Å². The number of alkyl halides is 2. The van der Waals surface area contributed by atoms with E-state index in [9.17, 15) is 18.4 Å². The number of nitrogens with two attached hydrogens (primary N) is 1. The fraction of sp³-hybridized carbons (Fsp3) is 0.136. The van der Waals surface area contributed by atoms with Crippen LogP contribution in [0.15, 0.2) is 54.9 Å². The van der Waals surface area contributed by atoms with E-state index in [1.165, 1.54) is 6.33 Å². The number of carbonyl (C=O) groups is 2. The van der Waals surface area contributed by atoms with Gasteiger partial charge in [-0.3, -0.25) is 19.4 Å². The summed E-state index contributed by atoms with van der Waals surface area (Å²) >= 11 is 0. The summed E-state index contributed by atoms with van der Waals surface area (Å²) in [5.74, 6) is -0.683. The number of fused-ring (bicyclic) bond motifs is 1. The molecule has 4 rings (SSSR count). The summed E-state index contributed by atoms with van der Waals surface area (Å²) in [5, 5.41) is 12.3. The molecule has 9 nitrogen and oxygen atoms in total. The number of halogens is 3. The van der Waals surface area contributed by atoms with Crippen LogP contribution in [0, 0.1) is 0 Å². The Morgan fingerprint density at radius 3 is 2.56 bits per heavy atom. The molecule has 5 N–H and O–H groups in total. The maximum atomic E-state index is 12.7. The van der Waals surface area contributed by atoms with Gasteiger partial charge in [0.2, 0.25) is 0 Å². The first-order valence-corrected chi connectivity index (χ1v) is 9.88. The number of primary amides is 1. The number of anilines is 2. The van der Waals surface area contributed by atoms with Crippen molar-refractivity contribution in [3.05, 3.63) is 77.4 Å². The molecule has 0 radical (unpaired) electrons. The molecule has 2 aromatic heterocycles. The fourth-order valence-corrected chi connectivity index (χ4v) is 3.34. The van der Waals surface area contributed by atoms with E-state index in [2.05, 4.69) is 30.8 Å². The number of amides is 2. The van der Waals surface area contributed by atoms with Gasteiger partial charge < -0.3 is 16.4 Å². The Morgan fingerprint density at radius 2 is 1.85 bits per heavy atom. The van der Waals surface area contributed by atoms with Crippen molar-refractivity contribution >= 4 is 34.2 Å². The number of para-hydroxylation sites is 1. The van der Waals surface area contributed by atoms with Gasteiger partial charge in [0.1, 0.15) is 17.8 Å². The minimum atomic E-state index is -2.74. The van der Waals surface area contributed by atoms with Gasteiger partial charge in [0, 0.05) is 11.1 Å². The quantitative estimate of drug-likeness (QED) is 0.322. The Bertz CT molecular complexity index is 1340. The molecule has 0 saturated carbocycles. The minimum absolute atomic E-state index is 0. The molecule has 34 heavy (non-hydrogen) atoms. The highest BCUT2D eigenvalue weighted by Crippen LogP contribution is 2.27. The number of benzene rings is 2. The van der Waals surface area contributed by atoms with Crippen molar-refractivity contribution in [3.63, 3.8) is 0 Å². The van der Waals surface area contributed by atoms with Crippen molar-refractivity contribution in [3.8, 4) is 0 Å². The lowest BCUT2D eigenvalue weighted by molar-refractivity contribution is 0.0998. The molecule has 0 aliphatic rings. The summed E-state index contributed by atoms with van der Waals surface area (Å²) in [4.78, 5) is 32.5. The van der Waals surface area contributed by atoms with Crippen molar-refractivity contribution in [2.45, 2.75) is 19.4 Å². The van der Waals surface area contributed by atoms with Gasteiger partial charge in [-0.05, 0) is 42.8 Å². The Kier molecular flexibility index (Phi) is 7.09. The van der Waals surface area contributed by atoms with Crippen LogP contribution in [0.3, 0.4) is 0 Å². The van der Waals surface area contributed by atoms with Gasteiger partial charge in [0.05, 0.1) is 17.1 Å². The van der Waals surface area contributed by atoms with Gasteiger partial charge in [0.15, 0.2) is 5.69 Å². The average Bonchev–Trinajstić information content (AvgIpc) is 3.30. The summed E-state index contributed by atoms with van der Waals surface area (Å²) in [5.41, 5.74) is 6.90. The summed E-state index contributed by atoms with van der Waals surface area (Å²) in [6, 6.07) is 12.9. The number of hydrogen-bond donors (Lipinski definition) is 4. The van der Waals surface area contributed by atoms with Crippen LogP contribution in [0.25, 0.3) is 10.9 Å². The number of aromatic nitrogens is 4. The molecule has 12 heteroatoms. The Labute approximate surface area is 191 Å². The second-order valence-corrected chi connectivity index (χ2v) is 7.24. The highest BCUT2D eigenvalue weighted by Gasteiger charge is 2.17. The number of H-pyrrole nitrogens is 1. The van der Waals surface area contributed by atoms with Crippen molar-refractivity contribution in [1.82, 2.24) is 20.2 Å². The molecule has 0 aliphatic heterocycles. The zero-order chi connectivity index (χ0) is 23.5. The number of carbonyl (C=O) groups excluding carboxylic acids is 2. The molecular formula is C22H20F3N7O2. The third kappa shape index (κ3) is 4.95. The summed E-state index contributed by atoms with van der Waals surface area (Å²) in [6.45, 7) is 1.90. The van der Waals surface area contributed by atoms with Crippen molar-refractivity contribution in [2.24, 2.45) is 5.73 Å². The van der Waals surface area contributed by atoms with Crippen molar-refractivity contribution < 1.29 is 23.1 Å². The predicted molar refractivity (Wildman–Crippen MR) is 121 cm³/mol. The van der Waals surface area contributed by atoms with Gasteiger partial charge in [-0.15, -0.1) is 0 Å². The van der Waals surface area contributed by atoms with Crippen LogP contribution >= 0.6 is 0 Å². The van der Waals surface area contributed by atoms with Crippen molar-refractivity contribution in [1.29, 1.82) is 0 Å². The predicted octanol–water partition coefficient (Wildman–Crippen LogP) is 3.97. The number of hydrogen-bond acceptors (Lipinski definition) is 6. The maximum absolute atomic E-state index is 12.7. The standard InChI is InChI=1S/C22H19F2N7O2.FH/c1-11(28-21-15-7-3-6-14(20(25)32)18(15)26-10-27-21)12-4-2-5-13(8-12)29-22(33)17-9-16(19(23)24)30-31-17;/h2-11,19H,1H3,(H2,25,32)(H,29,33)(H,30,31)(H,26,27,28);1H. The lowest BCUT2D eigenvalue weighted by atomic mass is 10.1. The van der Waals surface area contributed by atoms with Crippen LogP contribution in [-0.4, -0.2) is 32.0 Å². The molecule has 1 unspecified atom stereocenters. The third-order valence-corrected chi connectivity index (χ3v) is 4.99. The second kappa shape index (κ2) is 9.98. The first kappa shape index (κ1) is 24.2. The van der Waals surface area contributed by atoms with E-state index in [-0.39, 0.29) is 16.4 Å². The normalized spacial score (nSPS) is 11.6. The van der Waals surface area contributed by atoms with Gasteiger partial charge in [-0.25, -0.2) is 18.7 Å². The van der Waals surface area contributed by atoms with Gasteiger partial charge in [0.25, 0.3) is 18.2 Å². The van der Waals surface area contributed by atoms with E-state index in [0.717, 1.165) is 11.6 Å². The SMILES string of the molecule is CC(Nc1ncnc2c(C(N)=O)cccc12)c1cccc(NC(=O)c2cc(C(F)F)[nH]n2)c1.F. The number of nitrogens with zero attached hydrogens (tertiary/aromatic N) is 3. The molecule has 0 bridgehead atoms. The molecule has 176 valence electrons. The minimum Gasteiger partial charge on any atom is -0.366 e. The molecule has 0 fully saturated rings. The van der Waals surface area contributed by atoms with Gasteiger partial charge >= 0.3 is 0 Å². The maximum Gasteiger partial charge on any atom is 0.279 e. The van der Waals surface area contributed by atoms with E-state index in [1.807, 2.05) is 13.0 Å². The lowest BCUT2D eigenvalue weighted by Gasteiger charge is -2.17. The third-order valence-electron chi connectivity index (χ3n) is 4.99. The number of aromatic amines is 1. The van der Waals surface area contributed by atoms with Crippen LogP contribution < -0.4 is 16.4 Å². The van der Waals surface area contributed by atoms with Gasteiger partial charge in [-0.2, -0.15) is 5.10 Å². The van der Waals surface area contributed by atoms with Crippen LogP contribution in [-0.2, 0) is 0 Å². The first-order chi connectivity index (χ1) is 15.8. The molecule has 0 spiro atoms. The molecule has 0 saturated heterocycles. The molecule has 2 aromatic carbocycles. The summed E-state index contributed by atoms with van der Waals surface area (Å²) in [7, 11) is 0. The first-order valence-electron chi connectivity index (χ1n) is 9.88. The highest BCUT2D eigenvalue weighted by atomic mass is 19.3. The zero-order valence-corrected chi connectivity index (χ0v) is 17.8. The summed E-state index contributed by atoms with van der Waals surface area (Å²) in [6.07, 6.45) is -1.40. The van der Waals surface area contributed by atoms with E-state index < -0.39 is 23.9 Å². The monoisotopic (exact) mass is 471 g/mol. The lowest BCUT2D eigenvalue weighted by Crippen LogP contribution is -2.14. The highest BCUT2D eigenvalue weighted by molar-refractivity contribution is 6.07. The fourth-order valence-electron chi connectivity index (χ4n) is 3.34. The molecule has 0 aliphatic carbocycles. The van der Waals surface area contributed by atoms with E-state index in [4.69, 9.17) is 5.73 Å². The van der Waals surface area contributed by atoms with Crippen molar-refractivity contribution in [2.75, 3.05) is 10.6 Å². The molecular weight excluding hydrogens is 451 g/mol. The zero-order valence-electron chi connectivity index (χ0n) is 17.8.